The van der Waals surface area contributed by atoms with Crippen LogP contribution in [0, 0.1) is 23.2 Å². The van der Waals surface area contributed by atoms with Crippen molar-refractivity contribution in [3.05, 3.63) is 76.3 Å². The average Bonchev–Trinajstić information content (AvgIpc) is 3.52. The number of nitriles is 1. The summed E-state index contributed by atoms with van der Waals surface area (Å²) in [5.41, 5.74) is 4.22. The predicted molar refractivity (Wildman–Crippen MR) is 127 cm³/mol. The second-order valence-electron chi connectivity index (χ2n) is 9.12. The lowest BCUT2D eigenvalue weighted by Gasteiger charge is -2.39. The Morgan fingerprint density at radius 2 is 1.50 bits per heavy atom. The molecule has 1 saturated heterocycles. The number of nitrogens with zero attached hydrogens (tertiary/aromatic N) is 1. The molecule has 4 atom stereocenters. The number of hydrogen-bond donors (Lipinski definition) is 1. The zero-order valence-electron chi connectivity index (χ0n) is 19.7. The van der Waals surface area contributed by atoms with Crippen LogP contribution in [0.1, 0.15) is 39.7 Å². The maximum absolute atomic E-state index is 13.3. The number of carbonyl (C=O) groups excluding carboxylic acids is 1. The van der Waals surface area contributed by atoms with Crippen LogP contribution in [0.25, 0.3) is 0 Å². The molecule has 0 amide bonds. The molecule has 1 fully saturated rings. The molecule has 0 bridgehead atoms. The first-order valence-corrected chi connectivity index (χ1v) is 11.6. The van der Waals surface area contributed by atoms with Crippen molar-refractivity contribution >= 4 is 5.97 Å². The molecule has 182 valence electrons. The monoisotopic (exact) mass is 485 g/mol. The van der Waals surface area contributed by atoms with Gasteiger partial charge in [-0.3, -0.25) is 4.79 Å². The van der Waals surface area contributed by atoms with E-state index in [0.717, 1.165) is 22.3 Å². The number of rotatable bonds is 4. The van der Waals surface area contributed by atoms with Crippen LogP contribution in [0.4, 0.5) is 0 Å². The smallest absolute Gasteiger partial charge is 0.310 e. The summed E-state index contributed by atoms with van der Waals surface area (Å²) in [6.45, 7) is 0.394. The highest BCUT2D eigenvalue weighted by atomic mass is 16.7. The lowest BCUT2D eigenvalue weighted by molar-refractivity contribution is -0.141. The molecular formula is C28H23NO7. The van der Waals surface area contributed by atoms with Crippen LogP contribution in [0.15, 0.2) is 48.5 Å². The van der Waals surface area contributed by atoms with Gasteiger partial charge in [0.05, 0.1) is 38.4 Å². The summed E-state index contributed by atoms with van der Waals surface area (Å²) in [7, 11) is 2.94. The van der Waals surface area contributed by atoms with Gasteiger partial charge in [-0.2, -0.15) is 5.26 Å². The molecule has 6 rings (SSSR count). The number of ether oxygens (including phenoxy) is 5. The topological polar surface area (TPSA) is 107 Å². The van der Waals surface area contributed by atoms with Gasteiger partial charge in [0, 0.05) is 17.8 Å². The molecular weight excluding hydrogens is 462 g/mol. The summed E-state index contributed by atoms with van der Waals surface area (Å²) in [6.07, 6.45) is 0. The number of methoxy groups -OCH3 is 2. The molecule has 2 aliphatic heterocycles. The van der Waals surface area contributed by atoms with Gasteiger partial charge >= 0.3 is 5.97 Å². The number of cyclic esters (lactones) is 1. The first kappa shape index (κ1) is 22.1. The van der Waals surface area contributed by atoms with Gasteiger partial charge in [0.15, 0.2) is 23.0 Å². The van der Waals surface area contributed by atoms with Crippen molar-refractivity contribution in [1.29, 1.82) is 5.26 Å². The van der Waals surface area contributed by atoms with Crippen molar-refractivity contribution in [3.8, 4) is 34.8 Å². The van der Waals surface area contributed by atoms with E-state index < -0.39 is 11.8 Å². The molecule has 1 aliphatic carbocycles. The number of fused-ring (bicyclic) bond motifs is 3. The summed E-state index contributed by atoms with van der Waals surface area (Å²) >= 11 is 0. The quantitative estimate of drug-likeness (QED) is 0.551. The van der Waals surface area contributed by atoms with Crippen LogP contribution in [-0.2, 0) is 9.53 Å². The van der Waals surface area contributed by atoms with Crippen molar-refractivity contribution < 1.29 is 33.6 Å². The minimum atomic E-state index is -0.488. The van der Waals surface area contributed by atoms with Crippen LogP contribution in [-0.4, -0.2) is 38.7 Å². The molecule has 2 heterocycles. The van der Waals surface area contributed by atoms with Crippen LogP contribution < -0.4 is 18.9 Å². The Hall–Kier alpha value is -4.38. The summed E-state index contributed by atoms with van der Waals surface area (Å²) in [4.78, 5) is 13.3. The second kappa shape index (κ2) is 8.38. The number of phenols is 1. The van der Waals surface area contributed by atoms with Gasteiger partial charge in [0.1, 0.15) is 0 Å². The minimum absolute atomic E-state index is 0.105. The van der Waals surface area contributed by atoms with Gasteiger partial charge in [-0.15, -0.1) is 0 Å². The number of hydrogen-bond acceptors (Lipinski definition) is 8. The van der Waals surface area contributed by atoms with E-state index in [1.165, 1.54) is 14.2 Å². The van der Waals surface area contributed by atoms with Crippen LogP contribution in [0.3, 0.4) is 0 Å². The number of esters is 1. The van der Waals surface area contributed by atoms with Crippen LogP contribution in [0.2, 0.25) is 0 Å². The van der Waals surface area contributed by atoms with Crippen molar-refractivity contribution in [2.24, 2.45) is 11.8 Å². The molecule has 3 aromatic carbocycles. The zero-order valence-corrected chi connectivity index (χ0v) is 19.7. The number of phenolic OH excluding ortho intramolecular Hbond substituents is 1. The predicted octanol–water partition coefficient (Wildman–Crippen LogP) is 4.08. The number of benzene rings is 3. The fourth-order valence-electron chi connectivity index (χ4n) is 5.85. The fraction of sp³-hybridized carbons (Fsp3) is 0.286. The van der Waals surface area contributed by atoms with E-state index in [4.69, 9.17) is 23.7 Å². The SMILES string of the molecule is COc1cc([C@@H]2c3cc4c(cc3[C@@H](c3ccc(C#N)cc3)[C@H]3COC(=O)[C@H]23)OCO4)cc(OC)c1O. The van der Waals surface area contributed by atoms with E-state index in [9.17, 15) is 15.2 Å². The normalized spacial score (nSPS) is 23.3. The van der Waals surface area contributed by atoms with Gasteiger partial charge in [-0.1, -0.05) is 12.1 Å². The average molecular weight is 485 g/mol. The highest BCUT2D eigenvalue weighted by Gasteiger charge is 2.53. The Morgan fingerprint density at radius 3 is 2.08 bits per heavy atom. The van der Waals surface area contributed by atoms with E-state index in [0.29, 0.717) is 17.1 Å². The van der Waals surface area contributed by atoms with Crippen LogP contribution >= 0.6 is 0 Å². The van der Waals surface area contributed by atoms with Gasteiger partial charge in [0.2, 0.25) is 12.5 Å². The highest BCUT2D eigenvalue weighted by Crippen LogP contribution is 2.57. The Bertz CT molecular complexity index is 1380. The molecule has 0 saturated carbocycles. The summed E-state index contributed by atoms with van der Waals surface area (Å²) in [5.74, 6) is 0.183. The van der Waals surface area contributed by atoms with Crippen molar-refractivity contribution in [2.75, 3.05) is 27.6 Å². The number of aromatic hydroxyl groups is 1. The van der Waals surface area contributed by atoms with Crippen molar-refractivity contribution in [3.63, 3.8) is 0 Å². The molecule has 3 aliphatic rings. The maximum Gasteiger partial charge on any atom is 0.310 e. The van der Waals surface area contributed by atoms with Crippen LogP contribution in [0.5, 0.6) is 28.7 Å². The summed E-state index contributed by atoms with van der Waals surface area (Å²) in [5, 5.41) is 19.8. The van der Waals surface area contributed by atoms with Crippen molar-refractivity contribution in [2.45, 2.75) is 11.8 Å². The van der Waals surface area contributed by atoms with E-state index in [-0.39, 0.29) is 48.5 Å². The second-order valence-corrected chi connectivity index (χ2v) is 9.12. The third-order valence-electron chi connectivity index (χ3n) is 7.45. The molecule has 8 heteroatoms. The van der Waals surface area contributed by atoms with E-state index in [1.807, 2.05) is 24.3 Å². The Kier molecular flexibility index (Phi) is 5.15. The van der Waals surface area contributed by atoms with Gasteiger partial charge < -0.3 is 28.8 Å². The molecule has 0 spiro atoms. The first-order valence-electron chi connectivity index (χ1n) is 11.6. The molecule has 1 N–H and O–H groups in total. The molecule has 8 nitrogen and oxygen atoms in total. The van der Waals surface area contributed by atoms with E-state index in [2.05, 4.69) is 6.07 Å². The fourth-order valence-corrected chi connectivity index (χ4v) is 5.85. The third kappa shape index (κ3) is 3.23. The summed E-state index contributed by atoms with van der Waals surface area (Å²) < 4.78 is 27.9. The lowest BCUT2D eigenvalue weighted by Crippen LogP contribution is -2.35. The zero-order chi connectivity index (χ0) is 25.0. The van der Waals surface area contributed by atoms with Gasteiger partial charge in [0.25, 0.3) is 0 Å². The Morgan fingerprint density at radius 1 is 0.889 bits per heavy atom. The van der Waals surface area contributed by atoms with E-state index >= 15 is 0 Å². The largest absolute Gasteiger partial charge is 0.502 e. The van der Waals surface area contributed by atoms with E-state index in [1.54, 1.807) is 24.3 Å². The van der Waals surface area contributed by atoms with Gasteiger partial charge in [-0.25, -0.2) is 0 Å². The maximum atomic E-state index is 13.3. The van der Waals surface area contributed by atoms with Crippen molar-refractivity contribution in [1.82, 2.24) is 0 Å². The Labute approximate surface area is 207 Å². The molecule has 36 heavy (non-hydrogen) atoms. The highest BCUT2D eigenvalue weighted by molar-refractivity contribution is 5.79. The molecule has 0 radical (unpaired) electrons. The third-order valence-corrected chi connectivity index (χ3v) is 7.45. The lowest BCUT2D eigenvalue weighted by atomic mass is 9.61. The molecule has 0 unspecified atom stereocenters. The molecule has 3 aromatic rings. The number of carbonyl (C=O) groups is 1. The summed E-state index contributed by atoms with van der Waals surface area (Å²) in [6, 6.07) is 17.0. The first-order chi connectivity index (χ1) is 17.5. The Balaban J connectivity index is 1.60. The molecule has 0 aromatic heterocycles. The minimum Gasteiger partial charge on any atom is -0.502 e. The van der Waals surface area contributed by atoms with Gasteiger partial charge in [-0.05, 0) is 58.7 Å². The standard InChI is InChI=1S/C28H23NO7/c1-32-22-7-16(8-23(33-2)27(22)30)25-18-10-21-20(35-13-36-21)9-17(18)24(19-12-34-28(31)26(19)25)15-5-3-14(11-29)4-6-15/h3-10,19,24-26,30H,12-13H2,1-2H3/t19-,24-,25-,26+/m1/s1.